The van der Waals surface area contributed by atoms with Crippen LogP contribution in [0.4, 0.5) is 0 Å². The highest BCUT2D eigenvalue weighted by Gasteiger charge is 2.54. The second kappa shape index (κ2) is 11.4. The maximum absolute atomic E-state index is 13.4. The number of allylic oxidation sites excluding steroid dienone is 1. The van der Waals surface area contributed by atoms with E-state index in [1.165, 1.54) is 12.8 Å². The van der Waals surface area contributed by atoms with Gasteiger partial charge >= 0.3 is 5.97 Å². The summed E-state index contributed by atoms with van der Waals surface area (Å²) < 4.78 is 25.4. The van der Waals surface area contributed by atoms with Crippen LogP contribution in [0.25, 0.3) is 0 Å². The monoisotopic (exact) mass is 560 g/mol. The number of fused-ring (bicyclic) bond motifs is 6. The van der Waals surface area contributed by atoms with Gasteiger partial charge in [-0.3, -0.25) is 0 Å². The minimum atomic E-state index is -1.15. The molecule has 2 heterocycles. The van der Waals surface area contributed by atoms with Crippen molar-refractivity contribution < 1.29 is 23.7 Å². The summed E-state index contributed by atoms with van der Waals surface area (Å²) in [5.41, 5.74) is 4.85. The SMILES string of the molecule is C=C(C)Oc1cc2c(cc1C)C1(OC(=O)c3ccccc31)c1cc(CCCCCC)c(OCc3ccccc3)cc1O2. The molecule has 4 aromatic carbocycles. The standard InChI is InChI=1S/C37H36O5/c1-5-6-7-11-16-27-20-31-35(22-33(27)39-23-26-14-9-8-10-15-26)41-34-21-32(40-24(2)3)25(4)19-30(34)37(31)29-18-13-12-17-28(29)36(38)42-37/h8-10,12-15,17-22H,2,5-7,11,16,23H2,1,3-4H3. The van der Waals surface area contributed by atoms with Crippen molar-refractivity contribution in [2.45, 2.75) is 65.1 Å². The number of carbonyl (C=O) groups is 1. The molecule has 1 unspecified atom stereocenters. The Balaban J connectivity index is 1.52. The molecule has 4 aromatic rings. The van der Waals surface area contributed by atoms with Gasteiger partial charge in [0, 0.05) is 28.8 Å². The van der Waals surface area contributed by atoms with Gasteiger partial charge in [0.25, 0.3) is 0 Å². The second-order valence-corrected chi connectivity index (χ2v) is 11.2. The number of aryl methyl sites for hydroxylation is 2. The summed E-state index contributed by atoms with van der Waals surface area (Å²) >= 11 is 0. The maximum atomic E-state index is 13.4. The molecule has 0 aromatic heterocycles. The zero-order chi connectivity index (χ0) is 29.3. The van der Waals surface area contributed by atoms with E-state index in [1.54, 1.807) is 0 Å². The lowest BCUT2D eigenvalue weighted by Crippen LogP contribution is -2.33. The van der Waals surface area contributed by atoms with Crippen LogP contribution >= 0.6 is 0 Å². The van der Waals surface area contributed by atoms with Gasteiger partial charge in [0.2, 0.25) is 0 Å². The van der Waals surface area contributed by atoms with Crippen LogP contribution in [-0.4, -0.2) is 5.97 Å². The van der Waals surface area contributed by atoms with Crippen LogP contribution in [-0.2, 0) is 23.4 Å². The molecule has 0 saturated carbocycles. The van der Waals surface area contributed by atoms with E-state index in [9.17, 15) is 4.79 Å². The number of hydrogen-bond donors (Lipinski definition) is 0. The number of hydrogen-bond acceptors (Lipinski definition) is 5. The quantitative estimate of drug-likeness (QED) is 0.110. The molecule has 5 nitrogen and oxygen atoms in total. The lowest BCUT2D eigenvalue weighted by Gasteiger charge is -2.37. The Kier molecular flexibility index (Phi) is 7.51. The molecule has 0 fully saturated rings. The van der Waals surface area contributed by atoms with Crippen molar-refractivity contribution in [1.82, 2.24) is 0 Å². The molecular weight excluding hydrogens is 524 g/mol. The highest BCUT2D eigenvalue weighted by Crippen LogP contribution is 2.58. The van der Waals surface area contributed by atoms with Crippen LogP contribution in [0, 0.1) is 6.92 Å². The Morgan fingerprint density at radius 2 is 1.57 bits per heavy atom. The molecule has 1 spiro atoms. The lowest BCUT2D eigenvalue weighted by atomic mass is 9.76. The molecule has 6 rings (SSSR count). The molecule has 2 aliphatic heterocycles. The fraction of sp³-hybridized carbons (Fsp3) is 0.270. The molecule has 0 saturated heterocycles. The van der Waals surface area contributed by atoms with Crippen molar-refractivity contribution in [2.24, 2.45) is 0 Å². The van der Waals surface area contributed by atoms with Crippen LogP contribution in [0.5, 0.6) is 23.0 Å². The van der Waals surface area contributed by atoms with Gasteiger partial charge in [0.15, 0.2) is 5.60 Å². The lowest BCUT2D eigenvalue weighted by molar-refractivity contribution is 0.0223. The number of rotatable bonds is 10. The van der Waals surface area contributed by atoms with E-state index < -0.39 is 5.60 Å². The molecule has 0 bridgehead atoms. The van der Waals surface area contributed by atoms with E-state index in [2.05, 4.69) is 31.7 Å². The predicted molar refractivity (Wildman–Crippen MR) is 163 cm³/mol. The molecule has 0 N–H and O–H groups in total. The average Bonchev–Trinajstić information content (AvgIpc) is 3.28. The average molecular weight is 561 g/mol. The number of esters is 1. The van der Waals surface area contributed by atoms with Crippen molar-refractivity contribution in [3.63, 3.8) is 0 Å². The summed E-state index contributed by atoms with van der Waals surface area (Å²) in [6.45, 7) is 10.3. The van der Waals surface area contributed by atoms with Gasteiger partial charge in [0.1, 0.15) is 29.6 Å². The normalized spacial score (nSPS) is 16.2. The largest absolute Gasteiger partial charge is 0.488 e. The van der Waals surface area contributed by atoms with Crippen LogP contribution in [0.1, 0.15) is 83.3 Å². The van der Waals surface area contributed by atoms with Crippen molar-refractivity contribution in [1.29, 1.82) is 0 Å². The van der Waals surface area contributed by atoms with Crippen molar-refractivity contribution in [3.8, 4) is 23.0 Å². The Bertz CT molecular complexity index is 1650. The summed E-state index contributed by atoms with van der Waals surface area (Å²) in [7, 11) is 0. The van der Waals surface area contributed by atoms with Gasteiger partial charge in [-0.15, -0.1) is 0 Å². The summed E-state index contributed by atoms with van der Waals surface area (Å²) in [6.07, 6.45) is 5.37. The van der Waals surface area contributed by atoms with Crippen molar-refractivity contribution in [3.05, 3.63) is 130 Å². The van der Waals surface area contributed by atoms with Gasteiger partial charge in [-0.1, -0.05) is 81.3 Å². The predicted octanol–water partition coefficient (Wildman–Crippen LogP) is 9.18. The second-order valence-electron chi connectivity index (χ2n) is 11.2. The van der Waals surface area contributed by atoms with E-state index in [0.717, 1.165) is 58.4 Å². The molecule has 214 valence electrons. The van der Waals surface area contributed by atoms with E-state index in [1.807, 2.05) is 74.5 Å². The Hall–Kier alpha value is -4.51. The molecule has 0 aliphatic carbocycles. The molecule has 0 radical (unpaired) electrons. The van der Waals surface area contributed by atoms with E-state index in [-0.39, 0.29) is 5.97 Å². The Morgan fingerprint density at radius 3 is 2.33 bits per heavy atom. The molecule has 42 heavy (non-hydrogen) atoms. The van der Waals surface area contributed by atoms with Gasteiger partial charge < -0.3 is 18.9 Å². The first-order chi connectivity index (χ1) is 20.4. The number of unbranched alkanes of at least 4 members (excludes halogenated alkanes) is 3. The molecule has 1 atom stereocenters. The van der Waals surface area contributed by atoms with Gasteiger partial charge in [-0.2, -0.15) is 0 Å². The van der Waals surface area contributed by atoms with Crippen LogP contribution in [0.2, 0.25) is 0 Å². The van der Waals surface area contributed by atoms with Crippen LogP contribution < -0.4 is 14.2 Å². The van der Waals surface area contributed by atoms with E-state index in [4.69, 9.17) is 18.9 Å². The molecule has 0 amide bonds. The number of ether oxygens (including phenoxy) is 4. The first-order valence-corrected chi connectivity index (χ1v) is 14.7. The van der Waals surface area contributed by atoms with Crippen LogP contribution in [0.15, 0.2) is 91.2 Å². The first kappa shape index (κ1) is 27.6. The van der Waals surface area contributed by atoms with Gasteiger partial charge in [-0.25, -0.2) is 4.79 Å². The van der Waals surface area contributed by atoms with Crippen LogP contribution in [0.3, 0.4) is 0 Å². The topological polar surface area (TPSA) is 54.0 Å². The first-order valence-electron chi connectivity index (χ1n) is 14.7. The number of benzene rings is 4. The van der Waals surface area contributed by atoms with Gasteiger partial charge in [0.05, 0.1) is 11.3 Å². The minimum Gasteiger partial charge on any atom is -0.488 e. The zero-order valence-electron chi connectivity index (χ0n) is 24.5. The molecule has 5 heteroatoms. The third-order valence-electron chi connectivity index (χ3n) is 8.01. The zero-order valence-corrected chi connectivity index (χ0v) is 24.5. The third kappa shape index (κ3) is 4.94. The summed E-state index contributed by atoms with van der Waals surface area (Å²) in [6, 6.07) is 25.7. The molecular formula is C37H36O5. The Morgan fingerprint density at radius 1 is 0.857 bits per heavy atom. The van der Waals surface area contributed by atoms with Gasteiger partial charge in [-0.05, 0) is 61.6 Å². The Labute approximate surface area is 247 Å². The number of carbonyl (C=O) groups excluding carboxylic acids is 1. The highest BCUT2D eigenvalue weighted by molar-refractivity contribution is 5.97. The fourth-order valence-electron chi connectivity index (χ4n) is 5.98. The molecule has 2 aliphatic rings. The van der Waals surface area contributed by atoms with E-state index in [0.29, 0.717) is 35.2 Å². The fourth-order valence-corrected chi connectivity index (χ4v) is 5.98. The van der Waals surface area contributed by atoms with E-state index >= 15 is 0 Å². The summed E-state index contributed by atoms with van der Waals surface area (Å²) in [4.78, 5) is 13.4. The smallest absolute Gasteiger partial charge is 0.340 e. The maximum Gasteiger partial charge on any atom is 0.340 e. The summed E-state index contributed by atoms with van der Waals surface area (Å²) in [5.74, 6) is 2.81. The highest BCUT2D eigenvalue weighted by atomic mass is 16.6. The minimum absolute atomic E-state index is 0.349. The third-order valence-corrected chi connectivity index (χ3v) is 8.01. The van der Waals surface area contributed by atoms with Crippen molar-refractivity contribution >= 4 is 5.97 Å². The summed E-state index contributed by atoms with van der Waals surface area (Å²) in [5, 5.41) is 0. The van der Waals surface area contributed by atoms with Crippen molar-refractivity contribution in [2.75, 3.05) is 0 Å².